The Kier molecular flexibility index (Phi) is 24.8. The molecule has 4 aromatic rings. The molecule has 0 radical (unpaired) electrons. The quantitative estimate of drug-likeness (QED) is 0.0442. The molecule has 0 fully saturated rings. The third-order valence-electron chi connectivity index (χ3n) is 11.5. The van der Waals surface area contributed by atoms with E-state index in [-0.39, 0.29) is 18.3 Å². The molecule has 0 N–H and O–H groups in total. The summed E-state index contributed by atoms with van der Waals surface area (Å²) in [6, 6.07) is 30.5. The first-order valence-electron chi connectivity index (χ1n) is 24.8. The van der Waals surface area contributed by atoms with E-state index in [0.29, 0.717) is 0 Å². The van der Waals surface area contributed by atoms with Gasteiger partial charge in [0.15, 0.2) is 0 Å². The molecular formula is C60H78O3. The smallest absolute Gasteiger partial charge is 0.119 e. The van der Waals surface area contributed by atoms with Gasteiger partial charge in [-0.2, -0.15) is 0 Å². The summed E-state index contributed by atoms with van der Waals surface area (Å²) < 4.78 is 18.7. The third kappa shape index (κ3) is 22.2. The highest BCUT2D eigenvalue weighted by molar-refractivity contribution is 5.55. The number of hydrogen-bond donors (Lipinski definition) is 0. The molecule has 0 heterocycles. The van der Waals surface area contributed by atoms with Crippen molar-refractivity contribution in [1.29, 1.82) is 0 Å². The number of unbranched alkanes of at least 4 members (excludes halogenated alkanes) is 15. The van der Waals surface area contributed by atoms with Gasteiger partial charge in [0.2, 0.25) is 0 Å². The normalized spacial score (nSPS) is 12.1. The van der Waals surface area contributed by atoms with Crippen LogP contribution in [0.4, 0.5) is 0 Å². The first kappa shape index (κ1) is 50.6. The molecule has 0 aliphatic rings. The van der Waals surface area contributed by atoms with Crippen LogP contribution >= 0.6 is 0 Å². The van der Waals surface area contributed by atoms with Gasteiger partial charge in [0.25, 0.3) is 0 Å². The van der Waals surface area contributed by atoms with Crippen molar-refractivity contribution in [3.63, 3.8) is 0 Å². The SMILES string of the molecule is CCCCCCCC[C@H](C)Oc1ccc(C#Cc2cc(C#Cc3ccc(O[C@@H](C)CCCCCCCC)cc3)cc(C#Cc3ccc(O[C@@H](C)CCCCCCCC)cc3)c2)cc1. The Morgan fingerprint density at radius 1 is 0.302 bits per heavy atom. The van der Waals surface area contributed by atoms with Crippen LogP contribution in [0.2, 0.25) is 0 Å². The zero-order valence-electron chi connectivity index (χ0n) is 40.0. The van der Waals surface area contributed by atoms with Gasteiger partial charge >= 0.3 is 0 Å². The fourth-order valence-corrected chi connectivity index (χ4v) is 7.64. The molecule has 4 rings (SSSR count). The van der Waals surface area contributed by atoms with Crippen molar-refractivity contribution >= 4 is 0 Å². The van der Waals surface area contributed by atoms with E-state index >= 15 is 0 Å². The molecule has 63 heavy (non-hydrogen) atoms. The van der Waals surface area contributed by atoms with Crippen molar-refractivity contribution in [1.82, 2.24) is 0 Å². The van der Waals surface area contributed by atoms with E-state index in [1.54, 1.807) is 0 Å². The fourth-order valence-electron chi connectivity index (χ4n) is 7.64. The first-order valence-corrected chi connectivity index (χ1v) is 24.8. The van der Waals surface area contributed by atoms with Gasteiger partial charge < -0.3 is 14.2 Å². The molecule has 0 unspecified atom stereocenters. The molecule has 336 valence electrons. The minimum atomic E-state index is 0.195. The molecule has 3 nitrogen and oxygen atoms in total. The van der Waals surface area contributed by atoms with Crippen LogP contribution in [0, 0.1) is 35.5 Å². The monoisotopic (exact) mass is 847 g/mol. The van der Waals surface area contributed by atoms with E-state index in [1.807, 2.05) is 91.0 Å². The fraction of sp³-hybridized carbons (Fsp3) is 0.500. The minimum Gasteiger partial charge on any atom is -0.491 e. The van der Waals surface area contributed by atoms with Crippen LogP contribution in [-0.4, -0.2) is 18.3 Å². The van der Waals surface area contributed by atoms with E-state index in [4.69, 9.17) is 14.2 Å². The highest BCUT2D eigenvalue weighted by Gasteiger charge is 2.07. The molecule has 0 amide bonds. The van der Waals surface area contributed by atoms with Gasteiger partial charge in [-0.15, -0.1) is 0 Å². The molecule has 0 aliphatic heterocycles. The van der Waals surface area contributed by atoms with E-state index in [0.717, 1.165) is 69.9 Å². The summed E-state index contributed by atoms with van der Waals surface area (Å²) in [6.45, 7) is 13.3. The predicted octanol–water partition coefficient (Wildman–Crippen LogP) is 16.4. The summed E-state index contributed by atoms with van der Waals surface area (Å²) in [5.74, 6) is 22.9. The zero-order valence-corrected chi connectivity index (χ0v) is 40.0. The Morgan fingerprint density at radius 2 is 0.524 bits per heavy atom. The Hall–Kier alpha value is -5.04. The number of hydrogen-bond acceptors (Lipinski definition) is 3. The lowest BCUT2D eigenvalue weighted by molar-refractivity contribution is 0.206. The van der Waals surface area contributed by atoms with Gasteiger partial charge in [-0.1, -0.05) is 153 Å². The Morgan fingerprint density at radius 3 is 0.778 bits per heavy atom. The first-order chi connectivity index (χ1) is 30.8. The molecule has 3 atom stereocenters. The molecule has 0 aliphatic carbocycles. The second kappa shape index (κ2) is 30.9. The topological polar surface area (TPSA) is 27.7 Å². The average molecular weight is 847 g/mol. The van der Waals surface area contributed by atoms with Crippen LogP contribution in [0.3, 0.4) is 0 Å². The van der Waals surface area contributed by atoms with Crippen LogP contribution in [0.15, 0.2) is 91.0 Å². The van der Waals surface area contributed by atoms with Gasteiger partial charge in [0.1, 0.15) is 17.2 Å². The highest BCUT2D eigenvalue weighted by atomic mass is 16.5. The molecule has 0 spiro atoms. The maximum atomic E-state index is 6.23. The Bertz CT molecular complexity index is 1780. The van der Waals surface area contributed by atoms with Gasteiger partial charge in [0.05, 0.1) is 18.3 Å². The van der Waals surface area contributed by atoms with E-state index in [1.165, 1.54) is 116 Å². The average Bonchev–Trinajstić information content (AvgIpc) is 3.29. The summed E-state index contributed by atoms with van der Waals surface area (Å²) in [4.78, 5) is 0. The van der Waals surface area contributed by atoms with Crippen molar-refractivity contribution in [2.24, 2.45) is 0 Å². The summed E-state index contributed by atoms with van der Waals surface area (Å²) in [5, 5.41) is 0. The molecular weight excluding hydrogens is 769 g/mol. The Labute approximate surface area is 384 Å². The second-order valence-corrected chi connectivity index (χ2v) is 17.6. The third-order valence-corrected chi connectivity index (χ3v) is 11.5. The van der Waals surface area contributed by atoms with Crippen molar-refractivity contribution in [3.05, 3.63) is 124 Å². The molecule has 0 saturated carbocycles. The minimum absolute atomic E-state index is 0.195. The predicted molar refractivity (Wildman–Crippen MR) is 268 cm³/mol. The van der Waals surface area contributed by atoms with E-state index in [2.05, 4.69) is 77.1 Å². The second-order valence-electron chi connectivity index (χ2n) is 17.6. The zero-order chi connectivity index (χ0) is 44.7. The van der Waals surface area contributed by atoms with Gasteiger partial charge in [0, 0.05) is 33.4 Å². The van der Waals surface area contributed by atoms with E-state index < -0.39 is 0 Å². The number of rotatable bonds is 27. The summed E-state index contributed by atoms with van der Waals surface area (Å²) in [5.41, 5.74) is 5.40. The largest absolute Gasteiger partial charge is 0.491 e. The van der Waals surface area contributed by atoms with Crippen LogP contribution < -0.4 is 14.2 Å². The molecule has 3 heteroatoms. The van der Waals surface area contributed by atoms with Gasteiger partial charge in [-0.25, -0.2) is 0 Å². The molecule has 0 bridgehead atoms. The number of ether oxygens (including phenoxy) is 3. The van der Waals surface area contributed by atoms with Gasteiger partial charge in [-0.05, 0) is 150 Å². The van der Waals surface area contributed by atoms with Crippen LogP contribution in [0.1, 0.15) is 210 Å². The van der Waals surface area contributed by atoms with Crippen LogP contribution in [0.5, 0.6) is 17.2 Å². The molecule has 0 saturated heterocycles. The van der Waals surface area contributed by atoms with Crippen molar-refractivity contribution in [2.45, 2.75) is 195 Å². The maximum absolute atomic E-state index is 6.23. The van der Waals surface area contributed by atoms with Crippen molar-refractivity contribution in [3.8, 4) is 52.8 Å². The summed E-state index contributed by atoms with van der Waals surface area (Å²) in [7, 11) is 0. The lowest BCUT2D eigenvalue weighted by atomic mass is 10.0. The molecule has 4 aromatic carbocycles. The standard InChI is InChI=1S/C60H78O3/c1-7-10-13-16-19-22-25-49(4)61-58-40-34-52(35-41-58)28-31-55-46-56(32-29-53-36-42-59(43-37-53)62-50(5)26-23-20-17-14-11-8-2)48-57(47-55)33-30-54-38-44-60(45-39-54)63-51(6)27-24-21-18-15-12-9-3/h34-51H,7-27H2,1-6H3/t49-,50-,51-/m0/s1. The summed E-state index contributed by atoms with van der Waals surface area (Å²) in [6.07, 6.45) is 27.2. The number of benzene rings is 4. The lowest BCUT2D eigenvalue weighted by Crippen LogP contribution is -2.11. The van der Waals surface area contributed by atoms with Crippen molar-refractivity contribution in [2.75, 3.05) is 0 Å². The van der Waals surface area contributed by atoms with Gasteiger partial charge in [-0.3, -0.25) is 0 Å². The van der Waals surface area contributed by atoms with E-state index in [9.17, 15) is 0 Å². The lowest BCUT2D eigenvalue weighted by Gasteiger charge is -2.14. The highest BCUT2D eigenvalue weighted by Crippen LogP contribution is 2.20. The summed E-state index contributed by atoms with van der Waals surface area (Å²) >= 11 is 0. The van der Waals surface area contributed by atoms with Crippen LogP contribution in [-0.2, 0) is 0 Å². The van der Waals surface area contributed by atoms with Crippen LogP contribution in [0.25, 0.3) is 0 Å². The van der Waals surface area contributed by atoms with Crippen molar-refractivity contribution < 1.29 is 14.2 Å². The maximum Gasteiger partial charge on any atom is 0.119 e. The Balaban J connectivity index is 1.43. The molecule has 0 aromatic heterocycles.